The molecule has 0 aliphatic carbocycles. The Balaban J connectivity index is 2.36. The number of halogens is 1. The fraction of sp³-hybridized carbons (Fsp3) is 0.538. The summed E-state index contributed by atoms with van der Waals surface area (Å²) in [4.78, 5) is 0. The topological polar surface area (TPSA) is 33.3 Å². The predicted molar refractivity (Wildman–Crippen MR) is 72.9 cm³/mol. The minimum atomic E-state index is 0.640. The molecule has 17 heavy (non-hydrogen) atoms. The van der Waals surface area contributed by atoms with Gasteiger partial charge in [-0.05, 0) is 51.2 Å². The Hall–Kier alpha value is -0.770. The molecule has 0 aromatic heterocycles. The number of ether oxygens (including phenoxy) is 1. The zero-order chi connectivity index (χ0) is 12.5. The summed E-state index contributed by atoms with van der Waals surface area (Å²) in [7, 11) is 1.96. The van der Waals surface area contributed by atoms with Crippen LogP contribution in [0.15, 0.2) is 18.2 Å². The summed E-state index contributed by atoms with van der Waals surface area (Å²) in [5.74, 6) is 0.757. The molecule has 0 heterocycles. The van der Waals surface area contributed by atoms with Gasteiger partial charge in [0.05, 0.1) is 11.6 Å². The average molecular weight is 257 g/mol. The lowest BCUT2D eigenvalue weighted by atomic mass is 10.2. The molecule has 0 unspecified atom stereocenters. The van der Waals surface area contributed by atoms with Crippen molar-refractivity contribution in [3.05, 3.63) is 28.8 Å². The first-order valence-corrected chi connectivity index (χ1v) is 6.42. The number of hydrogen-bond acceptors (Lipinski definition) is 3. The molecule has 1 aromatic rings. The Morgan fingerprint density at radius 2 is 2.12 bits per heavy atom. The van der Waals surface area contributed by atoms with Crippen LogP contribution in [0.25, 0.3) is 0 Å². The fourth-order valence-corrected chi connectivity index (χ4v) is 1.81. The smallest absolute Gasteiger partial charge is 0.137 e. The second-order valence-corrected chi connectivity index (χ2v) is 4.24. The Labute approximate surface area is 109 Å². The minimum absolute atomic E-state index is 0.640. The van der Waals surface area contributed by atoms with E-state index in [4.69, 9.17) is 16.3 Å². The van der Waals surface area contributed by atoms with Crippen LogP contribution in [0.1, 0.15) is 18.9 Å². The third kappa shape index (κ3) is 5.39. The van der Waals surface area contributed by atoms with Gasteiger partial charge in [-0.1, -0.05) is 17.7 Å². The van der Waals surface area contributed by atoms with Crippen LogP contribution in [0, 0.1) is 0 Å². The van der Waals surface area contributed by atoms with Gasteiger partial charge in [-0.2, -0.15) is 0 Å². The van der Waals surface area contributed by atoms with Crippen molar-refractivity contribution in [2.75, 3.05) is 26.7 Å². The van der Waals surface area contributed by atoms with Gasteiger partial charge in [0.25, 0.3) is 0 Å². The molecular formula is C13H21ClN2O. The predicted octanol–water partition coefficient (Wildman–Crippen LogP) is 2.44. The SMILES string of the molecule is CCOc1ccc(CNCCCNC)cc1Cl. The highest BCUT2D eigenvalue weighted by molar-refractivity contribution is 6.32. The maximum atomic E-state index is 6.11. The molecule has 1 aromatic carbocycles. The quantitative estimate of drug-likeness (QED) is 0.701. The van der Waals surface area contributed by atoms with E-state index >= 15 is 0 Å². The molecule has 4 heteroatoms. The molecule has 0 saturated heterocycles. The van der Waals surface area contributed by atoms with Crippen molar-refractivity contribution in [2.24, 2.45) is 0 Å². The highest BCUT2D eigenvalue weighted by atomic mass is 35.5. The molecule has 2 N–H and O–H groups in total. The van der Waals surface area contributed by atoms with Crippen LogP contribution in [0.2, 0.25) is 5.02 Å². The van der Waals surface area contributed by atoms with Gasteiger partial charge in [0.2, 0.25) is 0 Å². The first kappa shape index (κ1) is 14.3. The Morgan fingerprint density at radius 3 is 2.76 bits per heavy atom. The van der Waals surface area contributed by atoms with Crippen LogP contribution < -0.4 is 15.4 Å². The third-order valence-corrected chi connectivity index (χ3v) is 2.70. The van der Waals surface area contributed by atoms with Crippen LogP contribution in [0.3, 0.4) is 0 Å². The highest BCUT2D eigenvalue weighted by Crippen LogP contribution is 2.25. The van der Waals surface area contributed by atoms with E-state index in [-0.39, 0.29) is 0 Å². The van der Waals surface area contributed by atoms with Gasteiger partial charge in [0.1, 0.15) is 5.75 Å². The second kappa shape index (κ2) is 8.34. The summed E-state index contributed by atoms with van der Waals surface area (Å²) in [5.41, 5.74) is 1.18. The van der Waals surface area contributed by atoms with E-state index < -0.39 is 0 Å². The number of benzene rings is 1. The highest BCUT2D eigenvalue weighted by Gasteiger charge is 2.02. The summed E-state index contributed by atoms with van der Waals surface area (Å²) in [5, 5.41) is 7.18. The number of hydrogen-bond donors (Lipinski definition) is 2. The molecule has 0 amide bonds. The van der Waals surface area contributed by atoms with Gasteiger partial charge < -0.3 is 15.4 Å². The average Bonchev–Trinajstić information content (AvgIpc) is 2.32. The van der Waals surface area contributed by atoms with E-state index in [1.807, 2.05) is 32.2 Å². The second-order valence-electron chi connectivity index (χ2n) is 3.83. The van der Waals surface area contributed by atoms with E-state index in [0.29, 0.717) is 11.6 Å². The van der Waals surface area contributed by atoms with Gasteiger partial charge >= 0.3 is 0 Å². The maximum absolute atomic E-state index is 6.11. The van der Waals surface area contributed by atoms with E-state index in [0.717, 1.165) is 31.8 Å². The van der Waals surface area contributed by atoms with Crippen molar-refractivity contribution in [2.45, 2.75) is 19.9 Å². The molecule has 0 aliphatic heterocycles. The summed E-state index contributed by atoms with van der Waals surface area (Å²) in [6, 6.07) is 5.93. The third-order valence-electron chi connectivity index (χ3n) is 2.41. The fourth-order valence-electron chi connectivity index (χ4n) is 1.55. The van der Waals surface area contributed by atoms with Crippen LogP contribution >= 0.6 is 11.6 Å². The molecule has 3 nitrogen and oxygen atoms in total. The first-order valence-electron chi connectivity index (χ1n) is 6.04. The lowest BCUT2D eigenvalue weighted by Gasteiger charge is -2.08. The van der Waals surface area contributed by atoms with Crippen molar-refractivity contribution in [3.63, 3.8) is 0 Å². The standard InChI is InChI=1S/C13H21ClN2O/c1-3-17-13-6-5-11(9-12(13)14)10-16-8-4-7-15-2/h5-6,9,15-16H,3-4,7-8,10H2,1-2H3. The molecule has 1 rings (SSSR count). The normalized spacial score (nSPS) is 10.5. The van der Waals surface area contributed by atoms with E-state index in [2.05, 4.69) is 10.6 Å². The van der Waals surface area contributed by atoms with Crippen LogP contribution in [0.4, 0.5) is 0 Å². The minimum Gasteiger partial charge on any atom is -0.492 e. The van der Waals surface area contributed by atoms with Crippen LogP contribution in [0.5, 0.6) is 5.75 Å². The lowest BCUT2D eigenvalue weighted by Crippen LogP contribution is -2.19. The zero-order valence-corrected chi connectivity index (χ0v) is 11.3. The summed E-state index contributed by atoms with van der Waals surface area (Å²) in [6.45, 7) is 5.48. The van der Waals surface area contributed by atoms with Crippen LogP contribution in [-0.2, 0) is 6.54 Å². The van der Waals surface area contributed by atoms with Crippen molar-refractivity contribution >= 4 is 11.6 Å². The molecule has 0 fully saturated rings. The molecule has 0 aliphatic rings. The summed E-state index contributed by atoms with van der Waals surface area (Å²) in [6.07, 6.45) is 1.13. The van der Waals surface area contributed by atoms with Crippen LogP contribution in [-0.4, -0.2) is 26.7 Å². The number of nitrogens with one attached hydrogen (secondary N) is 2. The van der Waals surface area contributed by atoms with Gasteiger partial charge in [0, 0.05) is 6.54 Å². The lowest BCUT2D eigenvalue weighted by molar-refractivity contribution is 0.340. The van der Waals surface area contributed by atoms with E-state index in [1.54, 1.807) is 0 Å². The van der Waals surface area contributed by atoms with Gasteiger partial charge in [-0.15, -0.1) is 0 Å². The summed E-state index contributed by atoms with van der Waals surface area (Å²) < 4.78 is 5.39. The van der Waals surface area contributed by atoms with E-state index in [9.17, 15) is 0 Å². The Morgan fingerprint density at radius 1 is 1.29 bits per heavy atom. The Kier molecular flexibility index (Phi) is 7.01. The van der Waals surface area contributed by atoms with Crippen molar-refractivity contribution in [1.82, 2.24) is 10.6 Å². The first-order chi connectivity index (χ1) is 8.27. The Bertz CT molecular complexity index is 331. The van der Waals surface area contributed by atoms with Crippen molar-refractivity contribution in [3.8, 4) is 5.75 Å². The zero-order valence-electron chi connectivity index (χ0n) is 10.6. The van der Waals surface area contributed by atoms with Gasteiger partial charge in [-0.25, -0.2) is 0 Å². The molecule has 0 atom stereocenters. The molecular weight excluding hydrogens is 236 g/mol. The van der Waals surface area contributed by atoms with Gasteiger partial charge in [-0.3, -0.25) is 0 Å². The molecule has 0 bridgehead atoms. The molecule has 0 radical (unpaired) electrons. The van der Waals surface area contributed by atoms with E-state index in [1.165, 1.54) is 5.56 Å². The van der Waals surface area contributed by atoms with Crippen molar-refractivity contribution < 1.29 is 4.74 Å². The largest absolute Gasteiger partial charge is 0.492 e. The van der Waals surface area contributed by atoms with Gasteiger partial charge in [0.15, 0.2) is 0 Å². The summed E-state index contributed by atoms with van der Waals surface area (Å²) >= 11 is 6.11. The molecule has 96 valence electrons. The monoisotopic (exact) mass is 256 g/mol. The number of rotatable bonds is 8. The molecule has 0 spiro atoms. The van der Waals surface area contributed by atoms with Crippen molar-refractivity contribution in [1.29, 1.82) is 0 Å². The maximum Gasteiger partial charge on any atom is 0.137 e. The molecule has 0 saturated carbocycles.